The maximum absolute atomic E-state index is 12.5. The smallest absolute Gasteiger partial charge is 0.263 e. The first kappa shape index (κ1) is 21.9. The van der Waals surface area contributed by atoms with Crippen molar-refractivity contribution in [1.82, 2.24) is 9.44 Å². The number of anilines is 1. The van der Waals surface area contributed by atoms with Crippen LogP contribution in [-0.4, -0.2) is 40.7 Å². The number of rotatable bonds is 6. The van der Waals surface area contributed by atoms with Gasteiger partial charge in [0.2, 0.25) is 15.9 Å². The minimum atomic E-state index is -3.69. The molecule has 0 saturated heterocycles. The van der Waals surface area contributed by atoms with Crippen molar-refractivity contribution < 1.29 is 21.6 Å². The van der Waals surface area contributed by atoms with Gasteiger partial charge < -0.3 is 5.32 Å². The number of hydrogen-bond acceptors (Lipinski definition) is 6. The van der Waals surface area contributed by atoms with Gasteiger partial charge in [0, 0.05) is 17.3 Å². The van der Waals surface area contributed by atoms with Crippen LogP contribution in [0.15, 0.2) is 63.3 Å². The van der Waals surface area contributed by atoms with Crippen LogP contribution < -0.4 is 14.8 Å². The minimum Gasteiger partial charge on any atom is -0.324 e. The number of fused-ring (bicyclic) bond motifs is 1. The van der Waals surface area contributed by atoms with Crippen molar-refractivity contribution in [3.05, 3.63) is 54.1 Å². The van der Waals surface area contributed by atoms with Crippen molar-refractivity contribution in [1.29, 1.82) is 0 Å². The average molecular weight is 451 g/mol. The zero-order valence-corrected chi connectivity index (χ0v) is 18.2. The number of sulfonamides is 2. The zero-order valence-electron chi connectivity index (χ0n) is 16.6. The Bertz CT molecular complexity index is 1200. The fourth-order valence-corrected chi connectivity index (χ4v) is 5.31. The monoisotopic (exact) mass is 450 g/mol. The van der Waals surface area contributed by atoms with E-state index in [9.17, 15) is 21.6 Å². The molecule has 1 amide bonds. The first-order valence-electron chi connectivity index (χ1n) is 9.13. The molecule has 1 aliphatic heterocycles. The Balaban J connectivity index is 1.73. The van der Waals surface area contributed by atoms with Crippen LogP contribution in [0.4, 0.5) is 5.69 Å². The Morgan fingerprint density at radius 2 is 1.67 bits per heavy atom. The summed E-state index contributed by atoms with van der Waals surface area (Å²) in [5, 5.41) is 2.64. The lowest BCUT2D eigenvalue weighted by Crippen LogP contribution is -2.30. The van der Waals surface area contributed by atoms with E-state index in [2.05, 4.69) is 19.8 Å². The van der Waals surface area contributed by atoms with Crippen molar-refractivity contribution >= 4 is 37.5 Å². The van der Waals surface area contributed by atoms with Crippen molar-refractivity contribution in [2.75, 3.05) is 5.32 Å². The molecule has 0 unspecified atom stereocenters. The number of carbonyl (C=O) groups is 1. The first-order chi connectivity index (χ1) is 14.0. The number of amidine groups is 1. The number of nitrogens with zero attached hydrogens (tertiary/aromatic N) is 1. The molecule has 0 fully saturated rings. The summed E-state index contributed by atoms with van der Waals surface area (Å²) >= 11 is 0. The lowest BCUT2D eigenvalue weighted by molar-refractivity contribution is -0.117. The van der Waals surface area contributed by atoms with Crippen LogP contribution in [0.2, 0.25) is 0 Å². The number of benzene rings is 2. The highest BCUT2D eigenvalue weighted by Crippen LogP contribution is 2.23. The maximum atomic E-state index is 12.5. The third kappa shape index (κ3) is 4.69. The van der Waals surface area contributed by atoms with E-state index in [4.69, 9.17) is 0 Å². The molecule has 3 N–H and O–H groups in total. The topological polar surface area (TPSA) is 134 Å². The predicted molar refractivity (Wildman–Crippen MR) is 113 cm³/mol. The van der Waals surface area contributed by atoms with Crippen LogP contribution in [0.1, 0.15) is 26.3 Å². The van der Waals surface area contributed by atoms with E-state index in [1.54, 1.807) is 32.0 Å². The van der Waals surface area contributed by atoms with Crippen molar-refractivity contribution in [3.63, 3.8) is 0 Å². The molecular formula is C19H22N4O5S2. The summed E-state index contributed by atoms with van der Waals surface area (Å²) in [4.78, 5) is 16.9. The molecule has 3 rings (SSSR count). The van der Waals surface area contributed by atoms with E-state index in [0.717, 1.165) is 0 Å². The van der Waals surface area contributed by atoms with Gasteiger partial charge >= 0.3 is 0 Å². The molecule has 2 aromatic carbocycles. The third-order valence-corrected chi connectivity index (χ3v) is 7.26. The van der Waals surface area contributed by atoms with E-state index in [0.29, 0.717) is 11.3 Å². The molecule has 0 bridgehead atoms. The molecule has 0 radical (unpaired) electrons. The van der Waals surface area contributed by atoms with Gasteiger partial charge in [-0.3, -0.25) is 14.5 Å². The molecular weight excluding hydrogens is 428 g/mol. The van der Waals surface area contributed by atoms with Gasteiger partial charge in [-0.2, -0.15) is 0 Å². The maximum Gasteiger partial charge on any atom is 0.263 e. The SMILES string of the molecule is CC(C)NS(=O)(=O)c1ccc(NC(=O)[C@H](C)N=C2NS(=O)(=O)c3ccccc32)cc1. The van der Waals surface area contributed by atoms with Crippen molar-refractivity contribution in [2.24, 2.45) is 4.99 Å². The lowest BCUT2D eigenvalue weighted by atomic mass is 10.2. The van der Waals surface area contributed by atoms with Crippen LogP contribution in [0, 0.1) is 0 Å². The van der Waals surface area contributed by atoms with Gasteiger partial charge in [0.25, 0.3) is 10.0 Å². The van der Waals surface area contributed by atoms with Crippen LogP contribution in [0.3, 0.4) is 0 Å². The van der Waals surface area contributed by atoms with Crippen LogP contribution in [-0.2, 0) is 24.8 Å². The second-order valence-electron chi connectivity index (χ2n) is 7.04. The third-order valence-electron chi connectivity index (χ3n) is 4.19. The highest BCUT2D eigenvalue weighted by atomic mass is 32.2. The predicted octanol–water partition coefficient (Wildman–Crippen LogP) is 1.44. The largest absolute Gasteiger partial charge is 0.324 e. The Morgan fingerprint density at radius 1 is 1.03 bits per heavy atom. The van der Waals surface area contributed by atoms with E-state index in [1.165, 1.54) is 37.3 Å². The van der Waals surface area contributed by atoms with Gasteiger partial charge in [-0.1, -0.05) is 12.1 Å². The van der Waals surface area contributed by atoms with Gasteiger partial charge in [-0.05, 0) is 57.2 Å². The molecule has 2 aromatic rings. The standard InChI is InChI=1S/C19H22N4O5S2/c1-12(2)22-29(25,26)15-10-8-14(9-11-15)21-19(24)13(3)20-18-16-6-4-5-7-17(16)30(27,28)23-18/h4-13,22H,1-3H3,(H,20,23)(H,21,24)/t13-/m0/s1. The molecule has 0 saturated carbocycles. The molecule has 160 valence electrons. The zero-order chi connectivity index (χ0) is 22.1. The van der Waals surface area contributed by atoms with E-state index >= 15 is 0 Å². The van der Waals surface area contributed by atoms with E-state index in [-0.39, 0.29) is 21.7 Å². The summed E-state index contributed by atoms with van der Waals surface area (Å²) in [6.45, 7) is 4.97. The number of hydrogen-bond donors (Lipinski definition) is 3. The molecule has 1 heterocycles. The fraction of sp³-hybridized carbons (Fsp3) is 0.263. The Labute approximate surface area is 175 Å². The van der Waals surface area contributed by atoms with Crippen molar-refractivity contribution in [3.8, 4) is 0 Å². The molecule has 0 spiro atoms. The minimum absolute atomic E-state index is 0.0828. The second-order valence-corrected chi connectivity index (χ2v) is 10.4. The van der Waals surface area contributed by atoms with Gasteiger partial charge in [0.1, 0.15) is 11.9 Å². The summed E-state index contributed by atoms with van der Waals surface area (Å²) in [5.41, 5.74) is 0.798. The Morgan fingerprint density at radius 3 is 2.30 bits per heavy atom. The molecule has 30 heavy (non-hydrogen) atoms. The van der Waals surface area contributed by atoms with Gasteiger partial charge in [-0.25, -0.2) is 21.6 Å². The number of aliphatic imine (C=N–C) groups is 1. The summed E-state index contributed by atoms with van der Waals surface area (Å²) in [6.07, 6.45) is 0. The fourth-order valence-electron chi connectivity index (χ4n) is 2.82. The second kappa shape index (κ2) is 8.17. The lowest BCUT2D eigenvalue weighted by Gasteiger charge is -2.12. The summed E-state index contributed by atoms with van der Waals surface area (Å²) in [5.74, 6) is -0.364. The van der Waals surface area contributed by atoms with Crippen LogP contribution in [0.25, 0.3) is 0 Å². The molecule has 0 aliphatic carbocycles. The normalized spacial score (nSPS) is 17.4. The number of amides is 1. The highest BCUT2D eigenvalue weighted by molar-refractivity contribution is 7.90. The Hall–Kier alpha value is -2.76. The van der Waals surface area contributed by atoms with Crippen LogP contribution >= 0.6 is 0 Å². The van der Waals surface area contributed by atoms with E-state index in [1.807, 2.05) is 0 Å². The molecule has 11 heteroatoms. The van der Waals surface area contributed by atoms with Crippen molar-refractivity contribution in [2.45, 2.75) is 42.6 Å². The highest BCUT2D eigenvalue weighted by Gasteiger charge is 2.31. The van der Waals surface area contributed by atoms with Gasteiger partial charge in [0.15, 0.2) is 0 Å². The quantitative estimate of drug-likeness (QED) is 0.612. The molecule has 1 aliphatic rings. The average Bonchev–Trinajstić information content (AvgIpc) is 2.91. The summed E-state index contributed by atoms with van der Waals surface area (Å²) in [7, 11) is -7.31. The summed E-state index contributed by atoms with van der Waals surface area (Å²) in [6, 6.07) is 11.0. The molecule has 0 aromatic heterocycles. The summed E-state index contributed by atoms with van der Waals surface area (Å²) < 4.78 is 53.4. The first-order valence-corrected chi connectivity index (χ1v) is 12.1. The number of carbonyl (C=O) groups excluding carboxylic acids is 1. The van der Waals surface area contributed by atoms with Gasteiger partial charge in [-0.15, -0.1) is 0 Å². The van der Waals surface area contributed by atoms with Crippen LogP contribution in [0.5, 0.6) is 0 Å². The van der Waals surface area contributed by atoms with E-state index < -0.39 is 32.0 Å². The van der Waals surface area contributed by atoms with Gasteiger partial charge in [0.05, 0.1) is 9.79 Å². The molecule has 1 atom stereocenters. The number of nitrogens with one attached hydrogen (secondary N) is 3. The Kier molecular flexibility index (Phi) is 5.97. The molecule has 9 nitrogen and oxygen atoms in total.